The lowest BCUT2D eigenvalue weighted by Gasteiger charge is -2.21. The van der Waals surface area contributed by atoms with Crippen LogP contribution in [-0.2, 0) is 18.4 Å². The average Bonchev–Trinajstić information content (AvgIpc) is 2.71. The summed E-state index contributed by atoms with van der Waals surface area (Å²) in [6, 6.07) is 0. The van der Waals surface area contributed by atoms with Gasteiger partial charge in [0.15, 0.2) is 0 Å². The van der Waals surface area contributed by atoms with Crippen molar-refractivity contribution in [3.05, 3.63) is 18.2 Å². The Bertz CT molecular complexity index is 435. The molecule has 0 unspecified atom stereocenters. The maximum Gasteiger partial charge on any atom is 0.223 e. The molecular weight excluding hydrogens is 272 g/mol. The van der Waals surface area contributed by atoms with E-state index in [-0.39, 0.29) is 0 Å². The van der Waals surface area contributed by atoms with Crippen LogP contribution >= 0.6 is 11.8 Å². The van der Waals surface area contributed by atoms with E-state index in [0.717, 1.165) is 50.7 Å². The van der Waals surface area contributed by atoms with Crippen LogP contribution in [0.15, 0.2) is 12.4 Å². The number of nitrogens with zero attached hydrogens (tertiary/aromatic N) is 4. The third-order valence-electron chi connectivity index (χ3n) is 3.75. The molecule has 0 saturated carbocycles. The Hall–Kier alpha value is -1.01. The molecule has 2 rings (SSSR count). The number of amides is 1. The molecule has 1 saturated heterocycles. The molecule has 20 heavy (non-hydrogen) atoms. The van der Waals surface area contributed by atoms with Crippen molar-refractivity contribution in [3.63, 3.8) is 0 Å². The number of aromatic nitrogens is 2. The third-order valence-corrected chi connectivity index (χ3v) is 4.36. The Labute approximate surface area is 125 Å². The quantitative estimate of drug-likeness (QED) is 0.819. The molecule has 5 nitrogen and oxygen atoms in total. The summed E-state index contributed by atoms with van der Waals surface area (Å²) in [4.78, 5) is 20.9. The van der Waals surface area contributed by atoms with Crippen LogP contribution in [0.1, 0.15) is 18.7 Å². The van der Waals surface area contributed by atoms with Gasteiger partial charge in [0.1, 0.15) is 5.82 Å². The first kappa shape index (κ1) is 15.4. The zero-order valence-electron chi connectivity index (χ0n) is 12.4. The lowest BCUT2D eigenvalue weighted by Crippen LogP contribution is -2.35. The highest BCUT2D eigenvalue weighted by Gasteiger charge is 2.19. The zero-order chi connectivity index (χ0) is 14.4. The second-order valence-electron chi connectivity index (χ2n) is 5.21. The number of carbonyl (C=O) groups excluding carboxylic acids is 1. The molecule has 1 aromatic rings. The first-order chi connectivity index (χ1) is 9.70. The molecule has 1 amide bonds. The Morgan fingerprint density at radius 2 is 2.20 bits per heavy atom. The van der Waals surface area contributed by atoms with E-state index in [1.54, 1.807) is 11.8 Å². The van der Waals surface area contributed by atoms with Crippen molar-refractivity contribution in [2.75, 3.05) is 38.2 Å². The Morgan fingerprint density at radius 1 is 1.35 bits per heavy atom. The van der Waals surface area contributed by atoms with Gasteiger partial charge in [-0.05, 0) is 12.7 Å². The van der Waals surface area contributed by atoms with Crippen LogP contribution in [0.2, 0.25) is 0 Å². The van der Waals surface area contributed by atoms with E-state index in [4.69, 9.17) is 0 Å². The van der Waals surface area contributed by atoms with E-state index in [9.17, 15) is 4.79 Å². The normalized spacial score (nSPS) is 17.2. The SMILES string of the molecule is CSCCC(=O)N1CCCN(Cc2nccn2C)CC1. The number of thioether (sulfide) groups is 1. The highest BCUT2D eigenvalue weighted by molar-refractivity contribution is 7.98. The van der Waals surface area contributed by atoms with Gasteiger partial charge in [-0.15, -0.1) is 0 Å². The van der Waals surface area contributed by atoms with Gasteiger partial charge in [0.2, 0.25) is 5.91 Å². The maximum absolute atomic E-state index is 12.1. The first-order valence-electron chi connectivity index (χ1n) is 7.16. The largest absolute Gasteiger partial charge is 0.341 e. The minimum absolute atomic E-state index is 0.304. The number of hydrogen-bond acceptors (Lipinski definition) is 4. The molecule has 1 aliphatic heterocycles. The van der Waals surface area contributed by atoms with Crippen LogP contribution in [0, 0.1) is 0 Å². The van der Waals surface area contributed by atoms with Crippen molar-refractivity contribution in [1.29, 1.82) is 0 Å². The minimum Gasteiger partial charge on any atom is -0.341 e. The van der Waals surface area contributed by atoms with E-state index < -0.39 is 0 Å². The Kier molecular flexibility index (Phi) is 5.91. The number of aryl methyl sites for hydroxylation is 1. The molecule has 0 radical (unpaired) electrons. The third kappa shape index (κ3) is 4.24. The molecule has 1 aliphatic rings. The molecule has 112 valence electrons. The standard InChI is InChI=1S/C14H24N4OS/c1-16-8-5-15-13(16)12-17-6-3-7-18(10-9-17)14(19)4-11-20-2/h5,8H,3-4,6-7,9-12H2,1-2H3. The summed E-state index contributed by atoms with van der Waals surface area (Å²) >= 11 is 1.74. The lowest BCUT2D eigenvalue weighted by atomic mass is 10.3. The van der Waals surface area contributed by atoms with Gasteiger partial charge in [-0.1, -0.05) is 0 Å². The van der Waals surface area contributed by atoms with Gasteiger partial charge in [0.25, 0.3) is 0 Å². The smallest absolute Gasteiger partial charge is 0.223 e. The fraction of sp³-hybridized carbons (Fsp3) is 0.714. The topological polar surface area (TPSA) is 41.4 Å². The molecule has 2 heterocycles. The summed E-state index contributed by atoms with van der Waals surface area (Å²) in [7, 11) is 2.03. The van der Waals surface area contributed by atoms with Crippen molar-refractivity contribution < 1.29 is 4.79 Å². The maximum atomic E-state index is 12.1. The van der Waals surface area contributed by atoms with Crippen LogP contribution in [0.5, 0.6) is 0 Å². The predicted molar refractivity (Wildman–Crippen MR) is 82.7 cm³/mol. The van der Waals surface area contributed by atoms with E-state index >= 15 is 0 Å². The number of rotatable bonds is 5. The summed E-state index contributed by atoms with van der Waals surface area (Å²) < 4.78 is 2.06. The molecule has 6 heteroatoms. The molecule has 0 aromatic carbocycles. The number of hydrogen-bond donors (Lipinski definition) is 0. The lowest BCUT2D eigenvalue weighted by molar-refractivity contribution is -0.130. The number of imidazole rings is 1. The Balaban J connectivity index is 1.83. The molecule has 1 fully saturated rings. The Morgan fingerprint density at radius 3 is 2.90 bits per heavy atom. The van der Waals surface area contributed by atoms with Crippen molar-refractivity contribution in [3.8, 4) is 0 Å². The van der Waals surface area contributed by atoms with Crippen molar-refractivity contribution in [2.45, 2.75) is 19.4 Å². The summed E-state index contributed by atoms with van der Waals surface area (Å²) in [6.45, 7) is 4.59. The highest BCUT2D eigenvalue weighted by atomic mass is 32.2. The van der Waals surface area contributed by atoms with Crippen molar-refractivity contribution in [2.24, 2.45) is 7.05 Å². The first-order valence-corrected chi connectivity index (χ1v) is 8.55. The summed E-state index contributed by atoms with van der Waals surface area (Å²) in [5.74, 6) is 2.32. The van der Waals surface area contributed by atoms with Gasteiger partial charge >= 0.3 is 0 Å². The summed E-state index contributed by atoms with van der Waals surface area (Å²) in [6.07, 6.45) is 7.58. The van der Waals surface area contributed by atoms with Crippen LogP contribution in [0.3, 0.4) is 0 Å². The molecular formula is C14H24N4OS. The van der Waals surface area contributed by atoms with Gasteiger partial charge in [-0.2, -0.15) is 11.8 Å². The molecule has 0 spiro atoms. The van der Waals surface area contributed by atoms with Crippen molar-refractivity contribution in [1.82, 2.24) is 19.4 Å². The second kappa shape index (κ2) is 7.69. The minimum atomic E-state index is 0.304. The molecule has 0 N–H and O–H groups in total. The molecule has 0 bridgehead atoms. The van der Waals surface area contributed by atoms with Crippen LogP contribution in [-0.4, -0.2) is 63.4 Å². The van der Waals surface area contributed by atoms with Gasteiger partial charge in [0, 0.05) is 57.8 Å². The van der Waals surface area contributed by atoms with E-state index in [1.807, 2.05) is 30.6 Å². The molecule has 1 aromatic heterocycles. The van der Waals surface area contributed by atoms with Gasteiger partial charge in [-0.3, -0.25) is 9.69 Å². The van der Waals surface area contributed by atoms with Crippen LogP contribution in [0.4, 0.5) is 0 Å². The number of carbonyl (C=O) groups is 1. The fourth-order valence-corrected chi connectivity index (χ4v) is 2.85. The van der Waals surface area contributed by atoms with Crippen LogP contribution < -0.4 is 0 Å². The second-order valence-corrected chi connectivity index (χ2v) is 6.19. The van der Waals surface area contributed by atoms with Gasteiger partial charge in [-0.25, -0.2) is 4.98 Å². The predicted octanol–water partition coefficient (Wildman–Crippen LogP) is 1.21. The monoisotopic (exact) mass is 296 g/mol. The summed E-state index contributed by atoms with van der Waals surface area (Å²) in [5.41, 5.74) is 0. The van der Waals surface area contributed by atoms with Crippen LogP contribution in [0.25, 0.3) is 0 Å². The van der Waals surface area contributed by atoms with E-state index in [2.05, 4.69) is 14.5 Å². The van der Waals surface area contributed by atoms with Crippen molar-refractivity contribution >= 4 is 17.7 Å². The summed E-state index contributed by atoms with van der Waals surface area (Å²) in [5, 5.41) is 0. The van der Waals surface area contributed by atoms with Gasteiger partial charge < -0.3 is 9.47 Å². The average molecular weight is 296 g/mol. The van der Waals surface area contributed by atoms with E-state index in [1.165, 1.54) is 0 Å². The highest BCUT2D eigenvalue weighted by Crippen LogP contribution is 2.09. The van der Waals surface area contributed by atoms with E-state index in [0.29, 0.717) is 12.3 Å². The molecule has 0 atom stereocenters. The molecule has 0 aliphatic carbocycles. The van der Waals surface area contributed by atoms with Gasteiger partial charge in [0.05, 0.1) is 6.54 Å². The zero-order valence-corrected chi connectivity index (χ0v) is 13.2. The fourth-order valence-electron chi connectivity index (χ4n) is 2.47.